The van der Waals surface area contributed by atoms with Crippen LogP contribution in [0.3, 0.4) is 0 Å². The smallest absolute Gasteiger partial charge is 0.323 e. The number of hydrogen-bond acceptors (Lipinski definition) is 6. The van der Waals surface area contributed by atoms with E-state index in [4.69, 9.17) is 10.3 Å². The number of nitrogens with two attached hydrogens (primary N) is 1. The van der Waals surface area contributed by atoms with Crippen molar-refractivity contribution in [2.45, 2.75) is 71.1 Å². The lowest BCUT2D eigenvalue weighted by Gasteiger charge is -2.43. The quantitative estimate of drug-likeness (QED) is 0.613. The Labute approximate surface area is 205 Å². The van der Waals surface area contributed by atoms with Crippen LogP contribution in [0.1, 0.15) is 59.5 Å². The predicted molar refractivity (Wildman–Crippen MR) is 131 cm³/mol. The van der Waals surface area contributed by atoms with Crippen molar-refractivity contribution in [2.75, 3.05) is 18.4 Å². The van der Waals surface area contributed by atoms with Crippen molar-refractivity contribution in [1.82, 2.24) is 20.3 Å². The molecule has 2 aromatic rings. The third-order valence-electron chi connectivity index (χ3n) is 6.78. The Morgan fingerprint density at radius 2 is 1.77 bits per heavy atom. The van der Waals surface area contributed by atoms with Gasteiger partial charge in [0.2, 0.25) is 0 Å². The Morgan fingerprint density at radius 3 is 2.43 bits per heavy atom. The van der Waals surface area contributed by atoms with Crippen LogP contribution >= 0.6 is 0 Å². The second kappa shape index (κ2) is 10.5. The molecule has 1 aliphatic carbocycles. The summed E-state index contributed by atoms with van der Waals surface area (Å²) >= 11 is 0. The number of rotatable bonds is 4. The molecule has 0 bridgehead atoms. The van der Waals surface area contributed by atoms with Crippen molar-refractivity contribution in [1.29, 1.82) is 0 Å². The van der Waals surface area contributed by atoms with Gasteiger partial charge in [0, 0.05) is 30.9 Å². The Hall–Kier alpha value is -3.40. The van der Waals surface area contributed by atoms with Gasteiger partial charge in [0.25, 0.3) is 11.8 Å². The summed E-state index contributed by atoms with van der Waals surface area (Å²) in [6.07, 6.45) is 2.65. The van der Waals surface area contributed by atoms with E-state index in [9.17, 15) is 14.4 Å². The van der Waals surface area contributed by atoms with E-state index < -0.39 is 12.2 Å². The average Bonchev–Trinajstić information content (AvgIpc) is 3.17. The minimum absolute atomic E-state index is 0.0399. The van der Waals surface area contributed by atoms with Crippen molar-refractivity contribution in [3.8, 4) is 0 Å². The van der Waals surface area contributed by atoms with Gasteiger partial charge in [0.1, 0.15) is 11.3 Å². The first kappa shape index (κ1) is 24.7. The van der Waals surface area contributed by atoms with Crippen LogP contribution in [0, 0.1) is 20.8 Å². The van der Waals surface area contributed by atoms with Crippen molar-refractivity contribution in [3.05, 3.63) is 46.8 Å². The second-order valence-electron chi connectivity index (χ2n) is 9.54. The Balaban J connectivity index is 1.61. The highest BCUT2D eigenvalue weighted by Gasteiger charge is 2.42. The number of nitrogens with zero attached hydrogens (tertiary/aromatic N) is 3. The van der Waals surface area contributed by atoms with E-state index >= 15 is 0 Å². The van der Waals surface area contributed by atoms with Crippen molar-refractivity contribution in [3.63, 3.8) is 0 Å². The normalized spacial score (nSPS) is 22.6. The molecule has 2 aliphatic rings. The maximum atomic E-state index is 13.6. The molecule has 10 heteroatoms. The summed E-state index contributed by atoms with van der Waals surface area (Å²) in [6.45, 7) is 5.98. The zero-order valence-electron chi connectivity index (χ0n) is 20.5. The van der Waals surface area contributed by atoms with Gasteiger partial charge in [-0.15, -0.1) is 0 Å². The van der Waals surface area contributed by atoms with Crippen LogP contribution in [0.4, 0.5) is 10.5 Å². The van der Waals surface area contributed by atoms with E-state index in [1.807, 2.05) is 25.1 Å². The number of aryl methyl sites for hydroxylation is 3. The molecule has 0 spiro atoms. The van der Waals surface area contributed by atoms with Crippen molar-refractivity contribution < 1.29 is 18.9 Å². The van der Waals surface area contributed by atoms with Gasteiger partial charge in [-0.1, -0.05) is 17.3 Å². The summed E-state index contributed by atoms with van der Waals surface area (Å²) in [6, 6.07) is 7.11. The summed E-state index contributed by atoms with van der Waals surface area (Å²) in [5, 5.41) is 9.86. The third kappa shape index (κ3) is 5.48. The molecule has 188 valence electrons. The minimum Gasteiger partial charge on any atom is -0.361 e. The van der Waals surface area contributed by atoms with Gasteiger partial charge in [-0.05, 0) is 70.6 Å². The van der Waals surface area contributed by atoms with Crippen LogP contribution in [0.25, 0.3) is 0 Å². The van der Waals surface area contributed by atoms with Gasteiger partial charge in [-0.2, -0.15) is 0 Å². The molecule has 1 aromatic heterocycles. The van der Waals surface area contributed by atoms with E-state index in [1.54, 1.807) is 19.9 Å². The van der Waals surface area contributed by atoms with Crippen molar-refractivity contribution in [2.24, 2.45) is 5.73 Å². The van der Waals surface area contributed by atoms with Crippen LogP contribution in [-0.4, -0.2) is 64.1 Å². The predicted octanol–water partition coefficient (Wildman–Crippen LogP) is 2.69. The number of carbonyl (C=O) groups is 3. The molecule has 4 N–H and O–H groups in total. The van der Waals surface area contributed by atoms with E-state index in [-0.39, 0.29) is 23.9 Å². The van der Waals surface area contributed by atoms with Crippen LogP contribution < -0.4 is 16.4 Å². The average molecular weight is 483 g/mol. The van der Waals surface area contributed by atoms with E-state index in [1.165, 1.54) is 9.80 Å². The molecule has 2 fully saturated rings. The van der Waals surface area contributed by atoms with Crippen molar-refractivity contribution >= 4 is 23.5 Å². The molecule has 4 amide bonds. The number of amides is 4. The summed E-state index contributed by atoms with van der Waals surface area (Å²) in [4.78, 5) is 43.5. The molecule has 4 rings (SSSR count). The maximum Gasteiger partial charge on any atom is 0.323 e. The first-order chi connectivity index (χ1) is 16.7. The Bertz CT molecular complexity index is 1070. The monoisotopic (exact) mass is 482 g/mol. The fourth-order valence-electron chi connectivity index (χ4n) is 4.92. The topological polar surface area (TPSA) is 134 Å². The highest BCUT2D eigenvalue weighted by atomic mass is 16.5. The minimum atomic E-state index is -1.09. The number of aromatic nitrogens is 1. The number of carbonyl (C=O) groups excluding carboxylic acids is 3. The number of benzene rings is 1. The van der Waals surface area contributed by atoms with Gasteiger partial charge >= 0.3 is 6.03 Å². The molecule has 1 saturated heterocycles. The van der Waals surface area contributed by atoms with E-state index in [0.717, 1.165) is 31.2 Å². The van der Waals surface area contributed by atoms with E-state index in [0.29, 0.717) is 42.2 Å². The SMILES string of the molecule is Cc1cccc(NC(=O)N2CCCN(C(=O)c3c(C)noc3C)C2C(=O)NC2CCC(N)CC2)c1. The zero-order valence-corrected chi connectivity index (χ0v) is 20.5. The van der Waals surface area contributed by atoms with Gasteiger partial charge in [0.05, 0.1) is 5.69 Å². The van der Waals surface area contributed by atoms with Gasteiger partial charge in [-0.3, -0.25) is 14.5 Å². The van der Waals surface area contributed by atoms with Crippen LogP contribution in [0.2, 0.25) is 0 Å². The Kier molecular flexibility index (Phi) is 7.39. The first-order valence-electron chi connectivity index (χ1n) is 12.2. The van der Waals surface area contributed by atoms with Gasteiger partial charge in [-0.25, -0.2) is 4.79 Å². The molecular weight excluding hydrogens is 448 g/mol. The summed E-state index contributed by atoms with van der Waals surface area (Å²) in [7, 11) is 0. The fraction of sp³-hybridized carbons (Fsp3) is 0.520. The lowest BCUT2D eigenvalue weighted by atomic mass is 9.91. The van der Waals surface area contributed by atoms with E-state index in [2.05, 4.69) is 15.8 Å². The van der Waals surface area contributed by atoms with Crippen LogP contribution in [0.15, 0.2) is 28.8 Å². The van der Waals surface area contributed by atoms with Crippen LogP contribution in [0.5, 0.6) is 0 Å². The summed E-state index contributed by atoms with van der Waals surface area (Å²) in [5.74, 6) is -0.362. The van der Waals surface area contributed by atoms with Gasteiger partial charge < -0.3 is 25.8 Å². The third-order valence-corrected chi connectivity index (χ3v) is 6.78. The Morgan fingerprint density at radius 1 is 1.06 bits per heavy atom. The first-order valence-corrected chi connectivity index (χ1v) is 12.2. The summed E-state index contributed by atoms with van der Waals surface area (Å²) < 4.78 is 5.20. The highest BCUT2D eigenvalue weighted by Crippen LogP contribution is 2.24. The highest BCUT2D eigenvalue weighted by molar-refractivity contribution is 6.01. The molecule has 2 heterocycles. The molecule has 10 nitrogen and oxygen atoms in total. The lowest BCUT2D eigenvalue weighted by Crippen LogP contribution is -2.65. The molecule has 1 saturated carbocycles. The molecule has 0 radical (unpaired) electrons. The molecule has 1 unspecified atom stereocenters. The number of hydrogen-bond donors (Lipinski definition) is 3. The number of anilines is 1. The van der Waals surface area contributed by atoms with Gasteiger partial charge in [0.15, 0.2) is 6.17 Å². The van der Waals surface area contributed by atoms with Crippen LogP contribution in [-0.2, 0) is 4.79 Å². The zero-order chi connectivity index (χ0) is 25.1. The second-order valence-corrected chi connectivity index (χ2v) is 9.54. The standard InChI is InChI=1S/C25H34N6O4/c1-15-6-4-7-20(14-15)28-25(34)31-13-5-12-30(24(33)21-16(2)29-35-17(21)3)23(31)22(32)27-19-10-8-18(26)9-11-19/h4,6-7,14,18-19,23H,5,8-13,26H2,1-3H3,(H,27,32)(H,28,34). The molecule has 1 aromatic carbocycles. The molecule has 35 heavy (non-hydrogen) atoms. The lowest BCUT2D eigenvalue weighted by molar-refractivity contribution is -0.133. The number of nitrogens with one attached hydrogen (secondary N) is 2. The maximum absolute atomic E-state index is 13.6. The fourth-order valence-corrected chi connectivity index (χ4v) is 4.92. The summed E-state index contributed by atoms with van der Waals surface area (Å²) in [5.41, 5.74) is 8.43. The molecule has 1 aliphatic heterocycles. The molecule has 1 atom stereocenters. The number of urea groups is 1. The largest absolute Gasteiger partial charge is 0.361 e. The molecular formula is C25H34N6O4.